The Morgan fingerprint density at radius 2 is 1.04 bits per heavy atom. The van der Waals surface area contributed by atoms with Crippen molar-refractivity contribution in [2.75, 3.05) is 26.2 Å². The van der Waals surface area contributed by atoms with E-state index in [9.17, 15) is 9.59 Å². The van der Waals surface area contributed by atoms with Gasteiger partial charge < -0.3 is 21.3 Å². The number of unbranched alkanes of at least 4 members (excludes halogenated alkanes) is 2. The fraction of sp³-hybridized carbons (Fsp3) is 0.727. The quantitative estimate of drug-likeness (QED) is 0.305. The largest absolute Gasteiger partial charge is 0.338 e. The Labute approximate surface area is 171 Å². The zero-order chi connectivity index (χ0) is 21.0. The van der Waals surface area contributed by atoms with E-state index in [0.29, 0.717) is 24.9 Å². The van der Waals surface area contributed by atoms with E-state index >= 15 is 0 Å². The van der Waals surface area contributed by atoms with E-state index in [1.54, 1.807) is 0 Å². The maximum atomic E-state index is 11.5. The van der Waals surface area contributed by atoms with Gasteiger partial charge in [-0.1, -0.05) is 65.2 Å². The van der Waals surface area contributed by atoms with Crippen LogP contribution in [0.1, 0.15) is 66.2 Å². The molecular formula is C22H38N4O2. The molecule has 6 heteroatoms. The molecule has 0 rings (SSSR count). The molecule has 0 aromatic heterocycles. The summed E-state index contributed by atoms with van der Waals surface area (Å²) in [6.45, 7) is 10.6. The molecule has 0 saturated carbocycles. The molecule has 0 atom stereocenters. The lowest BCUT2D eigenvalue weighted by Gasteiger charge is -2.06. The summed E-state index contributed by atoms with van der Waals surface area (Å²) in [5, 5.41) is 10.9. The molecule has 0 aromatic rings. The molecule has 0 fully saturated rings. The minimum absolute atomic E-state index is 0.210. The molecule has 28 heavy (non-hydrogen) atoms. The number of urea groups is 2. The molecule has 4 amide bonds. The van der Waals surface area contributed by atoms with Crippen molar-refractivity contribution in [3.8, 4) is 23.7 Å². The van der Waals surface area contributed by atoms with Gasteiger partial charge in [0.25, 0.3) is 0 Å². The first-order valence-electron chi connectivity index (χ1n) is 10.4. The first-order valence-corrected chi connectivity index (χ1v) is 10.4. The Morgan fingerprint density at radius 1 is 0.643 bits per heavy atom. The van der Waals surface area contributed by atoms with Gasteiger partial charge in [-0.2, -0.15) is 0 Å². The van der Waals surface area contributed by atoms with Gasteiger partial charge in [0.1, 0.15) is 0 Å². The zero-order valence-electron chi connectivity index (χ0n) is 18.0. The second-order valence-corrected chi connectivity index (χ2v) is 7.60. The number of carbonyl (C=O) groups is 2. The monoisotopic (exact) mass is 390 g/mol. The summed E-state index contributed by atoms with van der Waals surface area (Å²) in [6.07, 6.45) is 6.59. The summed E-state index contributed by atoms with van der Waals surface area (Å²) in [7, 11) is 0. The number of rotatable bonds is 12. The summed E-state index contributed by atoms with van der Waals surface area (Å²) < 4.78 is 0. The molecule has 0 aliphatic heterocycles. The van der Waals surface area contributed by atoms with Gasteiger partial charge in [-0.25, -0.2) is 9.59 Å². The van der Waals surface area contributed by atoms with Gasteiger partial charge in [-0.05, 0) is 36.5 Å². The van der Waals surface area contributed by atoms with Crippen LogP contribution in [0.3, 0.4) is 0 Å². The average Bonchev–Trinajstić information content (AvgIpc) is 2.62. The van der Waals surface area contributed by atoms with Gasteiger partial charge in [0.15, 0.2) is 0 Å². The van der Waals surface area contributed by atoms with Crippen molar-refractivity contribution in [3.05, 3.63) is 0 Å². The Balaban J connectivity index is 3.61. The molecule has 0 saturated heterocycles. The van der Waals surface area contributed by atoms with E-state index in [4.69, 9.17) is 0 Å². The molecule has 0 radical (unpaired) electrons. The minimum atomic E-state index is -0.210. The molecule has 158 valence electrons. The van der Waals surface area contributed by atoms with Crippen LogP contribution in [0.15, 0.2) is 0 Å². The fourth-order valence-electron chi connectivity index (χ4n) is 2.31. The van der Waals surface area contributed by atoms with Gasteiger partial charge in [0.05, 0.1) is 13.1 Å². The number of hydrogen-bond donors (Lipinski definition) is 4. The van der Waals surface area contributed by atoms with E-state index in [1.807, 2.05) is 0 Å². The lowest BCUT2D eigenvalue weighted by Crippen LogP contribution is -2.36. The van der Waals surface area contributed by atoms with Gasteiger partial charge in [-0.15, -0.1) is 0 Å². The van der Waals surface area contributed by atoms with Crippen molar-refractivity contribution in [2.45, 2.75) is 66.2 Å². The zero-order valence-corrected chi connectivity index (χ0v) is 18.0. The van der Waals surface area contributed by atoms with Gasteiger partial charge in [-0.3, -0.25) is 0 Å². The minimum Gasteiger partial charge on any atom is -0.338 e. The van der Waals surface area contributed by atoms with Crippen molar-refractivity contribution in [3.63, 3.8) is 0 Å². The number of carbonyl (C=O) groups excluding carboxylic acids is 2. The van der Waals surface area contributed by atoms with Crippen molar-refractivity contribution in [1.82, 2.24) is 21.3 Å². The van der Waals surface area contributed by atoms with Crippen LogP contribution in [0.25, 0.3) is 0 Å². The first-order chi connectivity index (χ1) is 13.4. The summed E-state index contributed by atoms with van der Waals surface area (Å²) in [5.74, 6) is 12.2. The van der Waals surface area contributed by atoms with E-state index in [0.717, 1.165) is 25.7 Å². The molecule has 0 aliphatic carbocycles. The van der Waals surface area contributed by atoms with Crippen molar-refractivity contribution in [2.24, 2.45) is 11.8 Å². The normalized spacial score (nSPS) is 9.79. The topological polar surface area (TPSA) is 82.3 Å². The summed E-state index contributed by atoms with van der Waals surface area (Å²) in [5.41, 5.74) is 0. The highest BCUT2D eigenvalue weighted by Crippen LogP contribution is 2.05. The third kappa shape index (κ3) is 20.0. The first kappa shape index (κ1) is 25.7. The van der Waals surface area contributed by atoms with Crippen molar-refractivity contribution < 1.29 is 9.59 Å². The maximum Gasteiger partial charge on any atom is 0.315 e. The molecule has 4 N–H and O–H groups in total. The lowest BCUT2D eigenvalue weighted by atomic mass is 10.1. The van der Waals surface area contributed by atoms with Crippen LogP contribution in [0, 0.1) is 35.5 Å². The number of nitrogens with one attached hydrogen (secondary N) is 4. The summed E-state index contributed by atoms with van der Waals surface area (Å²) in [6, 6.07) is -0.419. The van der Waals surface area contributed by atoms with E-state index < -0.39 is 0 Å². The van der Waals surface area contributed by atoms with E-state index in [2.05, 4.69) is 72.6 Å². The Kier molecular flexibility index (Phi) is 16.5. The Bertz CT molecular complexity index is 500. The molecule has 0 aliphatic rings. The summed E-state index contributed by atoms with van der Waals surface area (Å²) in [4.78, 5) is 23.1. The third-order valence-corrected chi connectivity index (χ3v) is 3.90. The standard InChI is InChI=1S/C22H38N4O2/c1-19(2)13-7-11-17-25-21(27)23-15-9-5-6-10-16-24-22(28)26-18-12-8-14-20(3)4/h19-20H,7-8,11-18H2,1-4H3,(H2,23,25,27)(H2,24,26,28). The van der Waals surface area contributed by atoms with Gasteiger partial charge >= 0.3 is 12.1 Å². The SMILES string of the molecule is CC(C)CCCCNC(=O)NCC#CC#CCNC(=O)NCCCCC(C)C. The molecule has 0 heterocycles. The number of amides is 4. The Hall–Kier alpha value is -2.34. The van der Waals surface area contributed by atoms with Crippen LogP contribution in [-0.2, 0) is 0 Å². The predicted molar refractivity (Wildman–Crippen MR) is 116 cm³/mol. The second-order valence-electron chi connectivity index (χ2n) is 7.60. The third-order valence-electron chi connectivity index (χ3n) is 3.90. The number of hydrogen-bond acceptors (Lipinski definition) is 2. The molecule has 0 bridgehead atoms. The second kappa shape index (κ2) is 18.0. The van der Waals surface area contributed by atoms with Crippen LogP contribution in [-0.4, -0.2) is 38.2 Å². The molecular weight excluding hydrogens is 352 g/mol. The highest BCUT2D eigenvalue weighted by Gasteiger charge is 1.99. The van der Waals surface area contributed by atoms with Crippen LogP contribution in [0.4, 0.5) is 9.59 Å². The summed E-state index contributed by atoms with van der Waals surface area (Å²) >= 11 is 0. The van der Waals surface area contributed by atoms with Crippen LogP contribution in [0.5, 0.6) is 0 Å². The fourth-order valence-corrected chi connectivity index (χ4v) is 2.31. The smallest absolute Gasteiger partial charge is 0.315 e. The molecule has 6 nitrogen and oxygen atoms in total. The van der Waals surface area contributed by atoms with Gasteiger partial charge in [0, 0.05) is 13.1 Å². The van der Waals surface area contributed by atoms with Crippen molar-refractivity contribution >= 4 is 12.1 Å². The molecule has 0 unspecified atom stereocenters. The van der Waals surface area contributed by atoms with Crippen LogP contribution < -0.4 is 21.3 Å². The van der Waals surface area contributed by atoms with Crippen molar-refractivity contribution in [1.29, 1.82) is 0 Å². The maximum absolute atomic E-state index is 11.5. The highest BCUT2D eigenvalue weighted by molar-refractivity contribution is 5.74. The Morgan fingerprint density at radius 3 is 1.39 bits per heavy atom. The van der Waals surface area contributed by atoms with Crippen LogP contribution >= 0.6 is 0 Å². The van der Waals surface area contributed by atoms with E-state index in [1.165, 1.54) is 12.8 Å². The van der Waals surface area contributed by atoms with Gasteiger partial charge in [0.2, 0.25) is 0 Å². The average molecular weight is 391 g/mol. The van der Waals surface area contributed by atoms with Crippen LogP contribution in [0.2, 0.25) is 0 Å². The molecule has 0 spiro atoms. The van der Waals surface area contributed by atoms with E-state index in [-0.39, 0.29) is 25.2 Å². The molecule has 0 aromatic carbocycles. The lowest BCUT2D eigenvalue weighted by molar-refractivity contribution is 0.241. The highest BCUT2D eigenvalue weighted by atomic mass is 16.2. The predicted octanol–water partition coefficient (Wildman–Crippen LogP) is 3.24.